The molecule has 1 aliphatic carbocycles. The van der Waals surface area contributed by atoms with Gasteiger partial charge in [0, 0.05) is 50.9 Å². The van der Waals surface area contributed by atoms with Gasteiger partial charge in [-0.25, -0.2) is 4.79 Å². The highest BCUT2D eigenvalue weighted by molar-refractivity contribution is 6.31. The molecule has 0 fully saturated rings. The highest BCUT2D eigenvalue weighted by Gasteiger charge is 2.26. The van der Waals surface area contributed by atoms with E-state index in [0.717, 1.165) is 11.1 Å². The second-order valence-corrected chi connectivity index (χ2v) is 7.02. The molecule has 2 aromatic carbocycles. The molecule has 0 aromatic heterocycles. The van der Waals surface area contributed by atoms with E-state index in [4.69, 9.17) is 32.7 Å². The number of ether oxygens (including phenoxy) is 2. The van der Waals surface area contributed by atoms with Gasteiger partial charge < -0.3 is 9.47 Å². The van der Waals surface area contributed by atoms with Gasteiger partial charge in [0.2, 0.25) is 0 Å². The van der Waals surface area contributed by atoms with Crippen LogP contribution in [0.3, 0.4) is 0 Å². The maximum Gasteiger partial charge on any atom is 0.338 e. The molecule has 0 saturated heterocycles. The summed E-state index contributed by atoms with van der Waals surface area (Å²) in [5.74, 6) is -0.169. The Morgan fingerprint density at radius 1 is 1.04 bits per heavy atom. The molecule has 0 heterocycles. The molecule has 0 N–H and O–H groups in total. The molecule has 0 amide bonds. The van der Waals surface area contributed by atoms with Crippen molar-refractivity contribution < 1.29 is 19.1 Å². The summed E-state index contributed by atoms with van der Waals surface area (Å²) in [4.78, 5) is 23.8. The first-order valence-electron chi connectivity index (χ1n) is 7.95. The third-order valence-electron chi connectivity index (χ3n) is 4.05. The van der Waals surface area contributed by atoms with E-state index in [0.29, 0.717) is 45.2 Å². The Kier molecular flexibility index (Phi) is 5.08. The van der Waals surface area contributed by atoms with Gasteiger partial charge in [0.25, 0.3) is 0 Å². The van der Waals surface area contributed by atoms with Crippen molar-refractivity contribution >= 4 is 45.9 Å². The van der Waals surface area contributed by atoms with E-state index >= 15 is 0 Å². The van der Waals surface area contributed by atoms with Crippen LogP contribution in [0.2, 0.25) is 5.02 Å². The van der Waals surface area contributed by atoms with Crippen molar-refractivity contribution in [2.45, 2.75) is 26.7 Å². The van der Waals surface area contributed by atoms with E-state index in [9.17, 15) is 9.59 Å². The summed E-state index contributed by atoms with van der Waals surface area (Å²) in [6.45, 7) is 6.54. The van der Waals surface area contributed by atoms with E-state index < -0.39 is 11.9 Å². The first-order chi connectivity index (χ1) is 12.3. The maximum absolute atomic E-state index is 12.2. The van der Waals surface area contributed by atoms with E-state index in [2.05, 4.69) is 6.58 Å². The lowest BCUT2D eigenvalue weighted by atomic mass is 9.90. The van der Waals surface area contributed by atoms with Crippen LogP contribution in [0.4, 0.5) is 0 Å². The number of allylic oxidation sites excluding steroid dienone is 2. The summed E-state index contributed by atoms with van der Waals surface area (Å²) in [6.07, 6.45) is 2.68. The van der Waals surface area contributed by atoms with Crippen molar-refractivity contribution in [3.05, 3.63) is 57.6 Å². The largest absolute Gasteiger partial charge is 0.426 e. The van der Waals surface area contributed by atoms with Crippen molar-refractivity contribution in [3.8, 4) is 11.5 Å². The number of fused-ring (bicyclic) bond motifs is 2. The Hall–Kier alpha value is -2.30. The number of hydrogen-bond acceptors (Lipinski definition) is 4. The molecule has 26 heavy (non-hydrogen) atoms. The molecule has 0 bridgehead atoms. The highest BCUT2D eigenvalue weighted by Crippen LogP contribution is 2.45. The molecule has 6 heteroatoms. The van der Waals surface area contributed by atoms with Gasteiger partial charge in [-0.05, 0) is 31.5 Å². The van der Waals surface area contributed by atoms with Crippen LogP contribution in [0.25, 0.3) is 10.8 Å². The molecule has 2 aromatic rings. The van der Waals surface area contributed by atoms with Crippen LogP contribution in [0.5, 0.6) is 11.5 Å². The second-order valence-electron chi connectivity index (χ2n) is 6.10. The molecule has 0 aliphatic heterocycles. The van der Waals surface area contributed by atoms with Gasteiger partial charge in [0.15, 0.2) is 0 Å². The van der Waals surface area contributed by atoms with Gasteiger partial charge >= 0.3 is 11.9 Å². The van der Waals surface area contributed by atoms with Crippen molar-refractivity contribution in [2.24, 2.45) is 0 Å². The summed E-state index contributed by atoms with van der Waals surface area (Å²) in [5.41, 5.74) is 1.75. The van der Waals surface area contributed by atoms with Crippen molar-refractivity contribution in [1.82, 2.24) is 0 Å². The molecule has 3 rings (SSSR count). The third-order valence-corrected chi connectivity index (χ3v) is 4.57. The fourth-order valence-electron chi connectivity index (χ4n) is 2.91. The Labute approximate surface area is 161 Å². The molecule has 134 valence electrons. The minimum Gasteiger partial charge on any atom is -0.426 e. The first kappa shape index (κ1) is 18.5. The lowest BCUT2D eigenvalue weighted by molar-refractivity contribution is -0.132. The average Bonchev–Trinajstić information content (AvgIpc) is 2.57. The topological polar surface area (TPSA) is 52.6 Å². The van der Waals surface area contributed by atoms with Gasteiger partial charge in [-0.15, -0.1) is 0 Å². The Balaban J connectivity index is 2.35. The first-order valence-corrected chi connectivity index (χ1v) is 8.71. The molecule has 0 radical (unpaired) electrons. The van der Waals surface area contributed by atoms with Crippen LogP contribution in [0.15, 0.2) is 41.5 Å². The lowest BCUT2D eigenvalue weighted by Crippen LogP contribution is -2.14. The SMILES string of the molecule is C=C(C)C(=O)Oc1c2c(c(OC(C)=O)c3cc(Cl)ccc13)CC=C(Cl)C2. The smallest absolute Gasteiger partial charge is 0.338 e. The number of carbonyl (C=O) groups excluding carboxylic acids is 2. The molecule has 0 unspecified atom stereocenters. The number of halogens is 2. The molecule has 4 nitrogen and oxygen atoms in total. The zero-order valence-electron chi connectivity index (χ0n) is 14.3. The molecular formula is C20H16Cl2O4. The molecular weight excluding hydrogens is 375 g/mol. The van der Waals surface area contributed by atoms with Crippen molar-refractivity contribution in [1.29, 1.82) is 0 Å². The number of carbonyl (C=O) groups is 2. The Morgan fingerprint density at radius 3 is 2.38 bits per heavy atom. The van der Waals surface area contributed by atoms with Gasteiger partial charge in [0.1, 0.15) is 11.5 Å². The zero-order valence-corrected chi connectivity index (χ0v) is 15.8. The molecule has 0 atom stereocenters. The van der Waals surface area contributed by atoms with E-state index in [-0.39, 0.29) is 5.57 Å². The van der Waals surface area contributed by atoms with Crippen LogP contribution in [0, 0.1) is 0 Å². The van der Waals surface area contributed by atoms with Crippen molar-refractivity contribution in [2.75, 3.05) is 0 Å². The molecule has 0 spiro atoms. The van der Waals surface area contributed by atoms with Crippen LogP contribution in [-0.4, -0.2) is 11.9 Å². The standard InChI is InChI=1S/C20H16Cl2O4/c1-10(2)20(24)26-19-15-7-5-12(21)8-16(15)18(25-11(3)23)14-6-4-13(22)9-17(14)19/h4-5,7-8H,1,6,9H2,2-3H3. The Morgan fingerprint density at radius 2 is 1.73 bits per heavy atom. The summed E-state index contributed by atoms with van der Waals surface area (Å²) < 4.78 is 11.1. The maximum atomic E-state index is 12.2. The number of esters is 2. The monoisotopic (exact) mass is 390 g/mol. The number of hydrogen-bond donors (Lipinski definition) is 0. The van der Waals surface area contributed by atoms with E-state index in [1.807, 2.05) is 6.08 Å². The number of benzene rings is 2. The zero-order chi connectivity index (χ0) is 19.0. The highest BCUT2D eigenvalue weighted by atomic mass is 35.5. The quantitative estimate of drug-likeness (QED) is 0.414. The summed E-state index contributed by atoms with van der Waals surface area (Å²) in [7, 11) is 0. The minimum atomic E-state index is -0.533. The van der Waals surface area contributed by atoms with Gasteiger partial charge in [-0.3, -0.25) is 4.79 Å². The Bertz CT molecular complexity index is 989. The van der Waals surface area contributed by atoms with Gasteiger partial charge in [-0.1, -0.05) is 35.9 Å². The van der Waals surface area contributed by atoms with E-state index in [1.165, 1.54) is 6.92 Å². The van der Waals surface area contributed by atoms with Crippen LogP contribution >= 0.6 is 23.2 Å². The predicted molar refractivity (Wildman–Crippen MR) is 102 cm³/mol. The second kappa shape index (κ2) is 7.14. The predicted octanol–water partition coefficient (Wildman–Crippen LogP) is 5.12. The average molecular weight is 391 g/mol. The summed E-state index contributed by atoms with van der Waals surface area (Å²) >= 11 is 12.4. The summed E-state index contributed by atoms with van der Waals surface area (Å²) in [5, 5.41) is 2.33. The summed E-state index contributed by atoms with van der Waals surface area (Å²) in [6, 6.07) is 5.11. The van der Waals surface area contributed by atoms with Crippen LogP contribution in [0.1, 0.15) is 25.0 Å². The molecule has 0 saturated carbocycles. The van der Waals surface area contributed by atoms with Gasteiger partial charge in [-0.2, -0.15) is 0 Å². The fourth-order valence-corrected chi connectivity index (χ4v) is 3.30. The lowest BCUT2D eigenvalue weighted by Gasteiger charge is -2.23. The van der Waals surface area contributed by atoms with Crippen LogP contribution in [-0.2, 0) is 22.4 Å². The molecule has 1 aliphatic rings. The van der Waals surface area contributed by atoms with Gasteiger partial charge in [0.05, 0.1) is 0 Å². The third kappa shape index (κ3) is 3.48. The number of rotatable bonds is 3. The van der Waals surface area contributed by atoms with Crippen molar-refractivity contribution in [3.63, 3.8) is 0 Å². The van der Waals surface area contributed by atoms with E-state index in [1.54, 1.807) is 25.1 Å². The fraction of sp³-hybridized carbons (Fsp3) is 0.200. The minimum absolute atomic E-state index is 0.280. The van der Waals surface area contributed by atoms with Crippen LogP contribution < -0.4 is 9.47 Å². The normalized spacial score (nSPS) is 13.0.